The minimum Gasteiger partial charge on any atom is -0.373 e. The van der Waals surface area contributed by atoms with Crippen LogP contribution in [0.4, 0.5) is 0 Å². The van der Waals surface area contributed by atoms with Crippen LogP contribution in [0.2, 0.25) is 0 Å². The lowest BCUT2D eigenvalue weighted by Gasteiger charge is -2.34. The van der Waals surface area contributed by atoms with Crippen molar-refractivity contribution in [3.8, 4) is 6.07 Å². The van der Waals surface area contributed by atoms with E-state index in [0.717, 1.165) is 5.56 Å². The Morgan fingerprint density at radius 2 is 1.62 bits per heavy atom. The largest absolute Gasteiger partial charge is 0.373 e. The van der Waals surface area contributed by atoms with Crippen LogP contribution >= 0.6 is 0 Å². The molecule has 182 valence electrons. The number of amides is 1. The number of rotatable bonds is 8. The third-order valence-corrected chi connectivity index (χ3v) is 7.53. The fourth-order valence-electron chi connectivity index (χ4n) is 3.91. The second-order valence-corrected chi connectivity index (χ2v) is 10.9. The van der Waals surface area contributed by atoms with Crippen molar-refractivity contribution in [2.45, 2.75) is 37.5 Å². The maximum Gasteiger partial charge on any atom is 0.254 e. The van der Waals surface area contributed by atoms with Crippen molar-refractivity contribution >= 4 is 15.9 Å². The Kier molecular flexibility index (Phi) is 8.44. The molecule has 0 saturated carbocycles. The summed E-state index contributed by atoms with van der Waals surface area (Å²) < 4.78 is 33.3. The van der Waals surface area contributed by atoms with E-state index in [2.05, 4.69) is 6.07 Å². The van der Waals surface area contributed by atoms with Gasteiger partial charge in [-0.15, -0.1) is 0 Å². The van der Waals surface area contributed by atoms with Crippen molar-refractivity contribution in [2.75, 3.05) is 40.3 Å². The van der Waals surface area contributed by atoms with Gasteiger partial charge in [0.15, 0.2) is 0 Å². The van der Waals surface area contributed by atoms with Gasteiger partial charge in [-0.3, -0.25) is 4.79 Å². The molecule has 0 radical (unpaired) electrons. The molecular weight excluding hydrogens is 452 g/mol. The summed E-state index contributed by atoms with van der Waals surface area (Å²) >= 11 is 0. The maximum absolute atomic E-state index is 13.3. The molecule has 2 aromatic rings. The molecule has 2 atom stereocenters. The van der Waals surface area contributed by atoms with Crippen LogP contribution in [0.3, 0.4) is 0 Å². The summed E-state index contributed by atoms with van der Waals surface area (Å²) in [5, 5.41) is 9.01. The van der Waals surface area contributed by atoms with Crippen molar-refractivity contribution < 1.29 is 17.9 Å². The molecule has 2 unspecified atom stereocenters. The van der Waals surface area contributed by atoms with Gasteiger partial charge < -0.3 is 14.5 Å². The van der Waals surface area contributed by atoms with E-state index in [4.69, 9.17) is 10.00 Å². The second-order valence-electron chi connectivity index (χ2n) is 8.94. The Morgan fingerprint density at radius 1 is 1.03 bits per heavy atom. The first-order valence-corrected chi connectivity index (χ1v) is 12.7. The zero-order valence-corrected chi connectivity index (χ0v) is 21.0. The standard InChI is InChI=1S/C25H32N4O4S/c1-19-16-29(17-20(2)33-19)34(31,32)24-11-9-23(10-12-24)25(30)28(14-13-27(3)4)18-22-7-5-21(15-26)6-8-22/h5-12,19-20H,13-14,16-18H2,1-4H3. The number of hydrogen-bond donors (Lipinski definition) is 0. The molecule has 1 aliphatic heterocycles. The summed E-state index contributed by atoms with van der Waals surface area (Å²) in [6.07, 6.45) is -0.348. The lowest BCUT2D eigenvalue weighted by Crippen LogP contribution is -2.48. The highest BCUT2D eigenvalue weighted by Gasteiger charge is 2.32. The van der Waals surface area contributed by atoms with Gasteiger partial charge in [-0.25, -0.2) is 8.42 Å². The van der Waals surface area contributed by atoms with Gasteiger partial charge in [-0.1, -0.05) is 12.1 Å². The molecule has 0 aliphatic carbocycles. The molecule has 0 N–H and O–H groups in total. The number of morpholine rings is 1. The highest BCUT2D eigenvalue weighted by molar-refractivity contribution is 7.89. The minimum atomic E-state index is -3.67. The predicted molar refractivity (Wildman–Crippen MR) is 130 cm³/mol. The van der Waals surface area contributed by atoms with E-state index in [9.17, 15) is 13.2 Å². The first-order valence-electron chi connectivity index (χ1n) is 11.3. The molecule has 1 amide bonds. The molecule has 34 heavy (non-hydrogen) atoms. The number of carbonyl (C=O) groups excluding carboxylic acids is 1. The summed E-state index contributed by atoms with van der Waals surface area (Å²) in [6, 6.07) is 15.4. The molecule has 0 aromatic heterocycles. The second kappa shape index (κ2) is 11.1. The molecule has 1 heterocycles. The summed E-state index contributed by atoms with van der Waals surface area (Å²) in [5.41, 5.74) is 1.91. The molecule has 3 rings (SSSR count). The van der Waals surface area contributed by atoms with Crippen LogP contribution in [-0.2, 0) is 21.3 Å². The van der Waals surface area contributed by atoms with Gasteiger partial charge in [0.05, 0.1) is 28.7 Å². The van der Waals surface area contributed by atoms with Crippen molar-refractivity contribution in [3.63, 3.8) is 0 Å². The van der Waals surface area contributed by atoms with Gasteiger partial charge in [-0.05, 0) is 69.9 Å². The molecular formula is C25H32N4O4S. The van der Waals surface area contributed by atoms with Gasteiger partial charge in [0.25, 0.3) is 5.91 Å². The Labute approximate surface area is 202 Å². The SMILES string of the molecule is CC1CN(S(=O)(=O)c2ccc(C(=O)N(CCN(C)C)Cc3ccc(C#N)cc3)cc2)CC(C)O1. The number of hydrogen-bond acceptors (Lipinski definition) is 6. The van der Waals surface area contributed by atoms with Crippen LogP contribution < -0.4 is 0 Å². The molecule has 9 heteroatoms. The topological polar surface area (TPSA) is 94.0 Å². The fraction of sp³-hybridized carbons (Fsp3) is 0.440. The predicted octanol–water partition coefficient (Wildman–Crippen LogP) is 2.56. The van der Waals surface area contributed by atoms with Crippen LogP contribution in [0.25, 0.3) is 0 Å². The van der Waals surface area contributed by atoms with E-state index >= 15 is 0 Å². The zero-order valence-electron chi connectivity index (χ0n) is 20.1. The van der Waals surface area contributed by atoms with E-state index < -0.39 is 10.0 Å². The minimum absolute atomic E-state index is 0.164. The van der Waals surface area contributed by atoms with Gasteiger partial charge in [-0.2, -0.15) is 9.57 Å². The summed E-state index contributed by atoms with van der Waals surface area (Å²) in [7, 11) is 0.212. The fourth-order valence-corrected chi connectivity index (χ4v) is 5.50. The third kappa shape index (κ3) is 6.42. The number of nitriles is 1. The number of sulfonamides is 1. The molecule has 2 aromatic carbocycles. The number of nitrogens with zero attached hydrogens (tertiary/aromatic N) is 4. The van der Waals surface area contributed by atoms with Crippen LogP contribution in [0.5, 0.6) is 0 Å². The van der Waals surface area contributed by atoms with Crippen molar-refractivity contribution in [2.24, 2.45) is 0 Å². The van der Waals surface area contributed by atoms with E-state index in [1.165, 1.54) is 16.4 Å². The number of ether oxygens (including phenoxy) is 1. The van der Waals surface area contributed by atoms with Crippen LogP contribution in [0.1, 0.15) is 35.3 Å². The lowest BCUT2D eigenvalue weighted by molar-refractivity contribution is -0.0440. The Balaban J connectivity index is 1.79. The Hall–Kier alpha value is -2.77. The number of carbonyl (C=O) groups is 1. The first kappa shape index (κ1) is 25.8. The lowest BCUT2D eigenvalue weighted by atomic mass is 10.1. The molecule has 1 saturated heterocycles. The normalized spacial score (nSPS) is 19.1. The van der Waals surface area contributed by atoms with Crippen LogP contribution in [0, 0.1) is 11.3 Å². The quantitative estimate of drug-likeness (QED) is 0.572. The molecule has 1 aliphatic rings. The number of benzene rings is 2. The summed E-state index contributed by atoms with van der Waals surface area (Å²) in [4.78, 5) is 17.2. The average molecular weight is 485 g/mol. The smallest absolute Gasteiger partial charge is 0.254 e. The monoisotopic (exact) mass is 484 g/mol. The van der Waals surface area contributed by atoms with E-state index in [-0.39, 0.29) is 23.0 Å². The van der Waals surface area contributed by atoms with E-state index in [1.807, 2.05) is 45.0 Å². The zero-order chi connectivity index (χ0) is 24.9. The molecule has 0 spiro atoms. The maximum atomic E-state index is 13.3. The molecule has 0 bridgehead atoms. The third-order valence-electron chi connectivity index (χ3n) is 5.69. The highest BCUT2D eigenvalue weighted by atomic mass is 32.2. The molecule has 1 fully saturated rings. The van der Waals surface area contributed by atoms with E-state index in [1.54, 1.807) is 29.2 Å². The highest BCUT2D eigenvalue weighted by Crippen LogP contribution is 2.22. The van der Waals surface area contributed by atoms with Gasteiger partial charge in [0, 0.05) is 38.3 Å². The van der Waals surface area contributed by atoms with Gasteiger partial charge in [0.1, 0.15) is 0 Å². The number of likely N-dealkylation sites (N-methyl/N-ethyl adjacent to an activating group) is 1. The average Bonchev–Trinajstić information content (AvgIpc) is 2.81. The van der Waals surface area contributed by atoms with Crippen LogP contribution in [0.15, 0.2) is 53.4 Å². The summed E-state index contributed by atoms with van der Waals surface area (Å²) in [6.45, 7) is 5.90. The first-order chi connectivity index (χ1) is 16.1. The van der Waals surface area contributed by atoms with Crippen molar-refractivity contribution in [1.82, 2.24) is 14.1 Å². The summed E-state index contributed by atoms with van der Waals surface area (Å²) in [5.74, 6) is -0.177. The van der Waals surface area contributed by atoms with Gasteiger partial charge in [0.2, 0.25) is 10.0 Å². The molecule has 8 nitrogen and oxygen atoms in total. The Morgan fingerprint density at radius 3 is 2.15 bits per heavy atom. The Bertz CT molecular complexity index is 1120. The van der Waals surface area contributed by atoms with Crippen molar-refractivity contribution in [1.29, 1.82) is 5.26 Å². The van der Waals surface area contributed by atoms with Crippen LogP contribution in [-0.4, -0.2) is 80.9 Å². The van der Waals surface area contributed by atoms with E-state index in [0.29, 0.717) is 43.9 Å². The van der Waals surface area contributed by atoms with Gasteiger partial charge >= 0.3 is 0 Å². The van der Waals surface area contributed by atoms with Crippen molar-refractivity contribution in [3.05, 3.63) is 65.2 Å².